The maximum Gasteiger partial charge on any atom is 0.135 e. The lowest BCUT2D eigenvalue weighted by Gasteiger charge is -2.09. The van der Waals surface area contributed by atoms with Crippen LogP contribution >= 0.6 is 0 Å². The van der Waals surface area contributed by atoms with Gasteiger partial charge in [-0.2, -0.15) is 0 Å². The van der Waals surface area contributed by atoms with Crippen molar-refractivity contribution >= 4 is 11.6 Å². The molecular weight excluding hydrogens is 204 g/mol. The van der Waals surface area contributed by atoms with E-state index in [1.807, 2.05) is 19.1 Å². The lowest BCUT2D eigenvalue weighted by atomic mass is 10.2. The molecule has 0 bridgehead atoms. The minimum Gasteiger partial charge on any atom is -0.467 e. The number of nitrogens with zero attached hydrogens (tertiary/aromatic N) is 2. The number of furan rings is 1. The van der Waals surface area contributed by atoms with Gasteiger partial charge in [0.05, 0.1) is 12.8 Å². The molecule has 2 rings (SSSR count). The van der Waals surface area contributed by atoms with Crippen molar-refractivity contribution in [2.24, 2.45) is 0 Å². The maximum atomic E-state index is 5.77. The van der Waals surface area contributed by atoms with Gasteiger partial charge in [0.25, 0.3) is 0 Å². The quantitative estimate of drug-likeness (QED) is 0.818. The van der Waals surface area contributed by atoms with Gasteiger partial charge in [0.1, 0.15) is 23.7 Å². The first-order chi connectivity index (χ1) is 7.81. The Balaban J connectivity index is 2.12. The van der Waals surface area contributed by atoms with Gasteiger partial charge >= 0.3 is 0 Å². The molecule has 2 heterocycles. The molecule has 0 amide bonds. The van der Waals surface area contributed by atoms with E-state index in [1.54, 1.807) is 6.26 Å². The van der Waals surface area contributed by atoms with Crippen LogP contribution in [0.4, 0.5) is 11.6 Å². The second-order valence-corrected chi connectivity index (χ2v) is 3.37. The first-order valence-corrected chi connectivity index (χ1v) is 5.17. The summed E-state index contributed by atoms with van der Waals surface area (Å²) in [5, 5.41) is 3.18. The fraction of sp³-hybridized carbons (Fsp3) is 0.273. The number of rotatable bonds is 4. The van der Waals surface area contributed by atoms with E-state index in [-0.39, 0.29) is 0 Å². The second-order valence-electron chi connectivity index (χ2n) is 3.37. The van der Waals surface area contributed by atoms with Crippen LogP contribution in [-0.2, 0) is 13.0 Å². The van der Waals surface area contributed by atoms with E-state index in [9.17, 15) is 0 Å². The van der Waals surface area contributed by atoms with Crippen LogP contribution in [0.25, 0.3) is 0 Å². The van der Waals surface area contributed by atoms with Gasteiger partial charge in [0.15, 0.2) is 0 Å². The van der Waals surface area contributed by atoms with Gasteiger partial charge in [-0.25, -0.2) is 9.97 Å². The van der Waals surface area contributed by atoms with Crippen LogP contribution in [0.3, 0.4) is 0 Å². The monoisotopic (exact) mass is 218 g/mol. The Hall–Kier alpha value is -2.04. The molecule has 3 N–H and O–H groups in total. The summed E-state index contributed by atoms with van der Waals surface area (Å²) in [5.41, 5.74) is 6.71. The SMILES string of the molecule is CCc1c(N)ncnc1NCc1ccco1. The number of aromatic nitrogens is 2. The van der Waals surface area contributed by atoms with E-state index < -0.39 is 0 Å². The van der Waals surface area contributed by atoms with E-state index in [0.29, 0.717) is 12.4 Å². The van der Waals surface area contributed by atoms with Gasteiger partial charge in [-0.3, -0.25) is 0 Å². The third-order valence-electron chi connectivity index (χ3n) is 2.34. The van der Waals surface area contributed by atoms with Gasteiger partial charge in [-0.05, 0) is 18.6 Å². The molecule has 0 aliphatic carbocycles. The Bertz CT molecular complexity index is 453. The van der Waals surface area contributed by atoms with Crippen molar-refractivity contribution in [2.75, 3.05) is 11.1 Å². The van der Waals surface area contributed by atoms with Crippen molar-refractivity contribution in [3.05, 3.63) is 36.0 Å². The zero-order valence-electron chi connectivity index (χ0n) is 9.10. The van der Waals surface area contributed by atoms with Gasteiger partial charge in [0, 0.05) is 5.56 Å². The number of hydrogen-bond acceptors (Lipinski definition) is 5. The average Bonchev–Trinajstić information content (AvgIpc) is 2.79. The van der Waals surface area contributed by atoms with E-state index in [2.05, 4.69) is 15.3 Å². The summed E-state index contributed by atoms with van der Waals surface area (Å²) in [6.07, 6.45) is 3.90. The van der Waals surface area contributed by atoms with Crippen molar-refractivity contribution in [3.8, 4) is 0 Å². The topological polar surface area (TPSA) is 77.0 Å². The van der Waals surface area contributed by atoms with Crippen molar-refractivity contribution in [1.29, 1.82) is 0 Å². The Labute approximate surface area is 93.7 Å². The molecule has 0 radical (unpaired) electrons. The summed E-state index contributed by atoms with van der Waals surface area (Å²) in [6.45, 7) is 2.61. The van der Waals surface area contributed by atoms with Crippen LogP contribution < -0.4 is 11.1 Å². The summed E-state index contributed by atoms with van der Waals surface area (Å²) in [5.74, 6) is 2.16. The maximum absolute atomic E-state index is 5.77. The third-order valence-corrected chi connectivity index (χ3v) is 2.34. The largest absolute Gasteiger partial charge is 0.467 e. The predicted molar refractivity (Wildman–Crippen MR) is 61.9 cm³/mol. The molecule has 5 heteroatoms. The molecule has 2 aromatic heterocycles. The second kappa shape index (κ2) is 4.65. The van der Waals surface area contributed by atoms with Crippen LogP contribution in [0, 0.1) is 0 Å². The molecular formula is C11H14N4O. The Morgan fingerprint density at radius 2 is 2.31 bits per heavy atom. The van der Waals surface area contributed by atoms with Crippen LogP contribution in [0.2, 0.25) is 0 Å². The lowest BCUT2D eigenvalue weighted by Crippen LogP contribution is -2.07. The van der Waals surface area contributed by atoms with Gasteiger partial charge in [0.2, 0.25) is 0 Å². The van der Waals surface area contributed by atoms with Gasteiger partial charge in [-0.15, -0.1) is 0 Å². The third kappa shape index (κ3) is 2.13. The minimum absolute atomic E-state index is 0.527. The van der Waals surface area contributed by atoms with Crippen LogP contribution in [0.5, 0.6) is 0 Å². The summed E-state index contributed by atoms with van der Waals surface area (Å²) in [4.78, 5) is 8.12. The summed E-state index contributed by atoms with van der Waals surface area (Å²) in [7, 11) is 0. The van der Waals surface area contributed by atoms with E-state index in [4.69, 9.17) is 10.2 Å². The summed E-state index contributed by atoms with van der Waals surface area (Å²) < 4.78 is 5.22. The highest BCUT2D eigenvalue weighted by molar-refractivity contribution is 5.54. The molecule has 0 saturated heterocycles. The average molecular weight is 218 g/mol. The van der Waals surface area contributed by atoms with Crippen molar-refractivity contribution in [2.45, 2.75) is 19.9 Å². The number of nitrogens with two attached hydrogens (primary N) is 1. The summed E-state index contributed by atoms with van der Waals surface area (Å²) in [6, 6.07) is 3.76. The zero-order chi connectivity index (χ0) is 11.4. The van der Waals surface area contributed by atoms with Crippen LogP contribution in [-0.4, -0.2) is 9.97 Å². The Morgan fingerprint density at radius 1 is 1.44 bits per heavy atom. The fourth-order valence-electron chi connectivity index (χ4n) is 1.51. The zero-order valence-corrected chi connectivity index (χ0v) is 9.10. The summed E-state index contributed by atoms with van der Waals surface area (Å²) >= 11 is 0. The van der Waals surface area contributed by atoms with E-state index in [1.165, 1.54) is 6.33 Å². The highest BCUT2D eigenvalue weighted by atomic mass is 16.3. The molecule has 0 spiro atoms. The lowest BCUT2D eigenvalue weighted by molar-refractivity contribution is 0.517. The van der Waals surface area contributed by atoms with Crippen molar-refractivity contribution < 1.29 is 4.42 Å². The van der Waals surface area contributed by atoms with Crippen LogP contribution in [0.1, 0.15) is 18.2 Å². The van der Waals surface area contributed by atoms with E-state index >= 15 is 0 Å². The Morgan fingerprint density at radius 3 is 3.00 bits per heavy atom. The molecule has 5 nitrogen and oxygen atoms in total. The molecule has 0 fully saturated rings. The van der Waals surface area contributed by atoms with Crippen molar-refractivity contribution in [1.82, 2.24) is 9.97 Å². The molecule has 0 aliphatic rings. The number of nitrogen functional groups attached to an aromatic ring is 1. The van der Waals surface area contributed by atoms with Gasteiger partial charge in [-0.1, -0.05) is 6.92 Å². The first kappa shape index (κ1) is 10.5. The number of hydrogen-bond donors (Lipinski definition) is 2. The predicted octanol–water partition coefficient (Wildman–Crippen LogP) is 1.83. The molecule has 84 valence electrons. The fourth-order valence-corrected chi connectivity index (χ4v) is 1.51. The molecule has 0 atom stereocenters. The standard InChI is InChI=1S/C11H14N4O/c1-2-9-10(12)14-7-15-11(9)13-6-8-4-3-5-16-8/h3-5,7H,2,6H2,1H3,(H3,12,13,14,15). The molecule has 0 aromatic carbocycles. The molecule has 0 unspecified atom stereocenters. The normalized spacial score (nSPS) is 10.3. The smallest absolute Gasteiger partial charge is 0.135 e. The molecule has 16 heavy (non-hydrogen) atoms. The van der Waals surface area contributed by atoms with Gasteiger partial charge < -0.3 is 15.5 Å². The minimum atomic E-state index is 0.527. The van der Waals surface area contributed by atoms with Crippen LogP contribution in [0.15, 0.2) is 29.1 Å². The molecule has 0 saturated carbocycles. The molecule has 0 aliphatic heterocycles. The highest BCUT2D eigenvalue weighted by Gasteiger charge is 2.06. The number of nitrogens with one attached hydrogen (secondary N) is 1. The van der Waals surface area contributed by atoms with Crippen molar-refractivity contribution in [3.63, 3.8) is 0 Å². The Kier molecular flexibility index (Phi) is 3.05. The highest BCUT2D eigenvalue weighted by Crippen LogP contribution is 2.18. The van der Waals surface area contributed by atoms with E-state index in [0.717, 1.165) is 23.6 Å². The number of anilines is 2. The first-order valence-electron chi connectivity index (χ1n) is 5.17. The molecule has 2 aromatic rings.